The molecule has 0 aliphatic heterocycles. The van der Waals surface area contributed by atoms with Crippen molar-refractivity contribution in [3.63, 3.8) is 0 Å². The van der Waals surface area contributed by atoms with Crippen molar-refractivity contribution in [3.05, 3.63) is 73.7 Å². The number of aromatic amines is 1. The number of carbonyl (C=O) groups is 1. The van der Waals surface area contributed by atoms with E-state index in [1.807, 2.05) is 12.1 Å². The third-order valence-electron chi connectivity index (χ3n) is 3.63. The van der Waals surface area contributed by atoms with Crippen molar-refractivity contribution in [2.75, 3.05) is 7.11 Å². The molecule has 2 aromatic carbocycles. The van der Waals surface area contributed by atoms with Gasteiger partial charge in [-0.05, 0) is 48.1 Å². The van der Waals surface area contributed by atoms with Gasteiger partial charge in [0.2, 0.25) is 0 Å². The molecule has 1 heterocycles. The van der Waals surface area contributed by atoms with Crippen molar-refractivity contribution in [2.24, 2.45) is 0 Å². The van der Waals surface area contributed by atoms with E-state index in [4.69, 9.17) is 23.8 Å². The summed E-state index contributed by atoms with van der Waals surface area (Å²) in [6, 6.07) is 11.9. The molecule has 3 aromatic rings. The molecule has 0 amide bonds. The van der Waals surface area contributed by atoms with E-state index in [-0.39, 0.29) is 10.3 Å². The average Bonchev–Trinajstić information content (AvgIpc) is 2.57. The van der Waals surface area contributed by atoms with Crippen molar-refractivity contribution < 1.29 is 9.53 Å². The summed E-state index contributed by atoms with van der Waals surface area (Å²) in [6.07, 6.45) is 0. The Morgan fingerprint density at radius 3 is 2.79 bits per heavy atom. The first-order valence-electron chi connectivity index (χ1n) is 7.09. The molecule has 0 spiro atoms. The lowest BCUT2D eigenvalue weighted by Gasteiger charge is -2.09. The number of carbonyl (C=O) groups excluding carboxylic acids is 1. The van der Waals surface area contributed by atoms with Crippen LogP contribution in [0.4, 0.5) is 0 Å². The normalized spacial score (nSPS) is 10.8. The highest BCUT2D eigenvalue weighted by molar-refractivity contribution is 7.71. The predicted octanol–water partition coefficient (Wildman–Crippen LogP) is 3.55. The fourth-order valence-corrected chi connectivity index (χ4v) is 2.93. The van der Waals surface area contributed by atoms with Crippen LogP contribution in [0.3, 0.4) is 0 Å². The number of rotatable bonds is 3. The van der Waals surface area contributed by atoms with Gasteiger partial charge in [0, 0.05) is 5.02 Å². The first-order chi connectivity index (χ1) is 11.5. The van der Waals surface area contributed by atoms with Gasteiger partial charge in [0.25, 0.3) is 5.56 Å². The smallest absolute Gasteiger partial charge is 0.337 e. The number of H-pyrrole nitrogens is 1. The first-order valence-corrected chi connectivity index (χ1v) is 7.88. The highest BCUT2D eigenvalue weighted by Crippen LogP contribution is 2.14. The molecule has 0 saturated heterocycles. The summed E-state index contributed by atoms with van der Waals surface area (Å²) >= 11 is 11.3. The van der Waals surface area contributed by atoms with Gasteiger partial charge in [-0.2, -0.15) is 0 Å². The number of nitrogens with zero attached hydrogens (tertiary/aromatic N) is 1. The SMILES string of the molecule is COC(=O)c1ccc2c(=O)n(Cc3cccc(Cl)c3)c(=S)[nH]c2c1. The van der Waals surface area contributed by atoms with E-state index in [1.54, 1.807) is 30.3 Å². The van der Waals surface area contributed by atoms with E-state index in [0.717, 1.165) is 5.56 Å². The molecule has 122 valence electrons. The van der Waals surface area contributed by atoms with E-state index in [2.05, 4.69) is 9.72 Å². The second-order valence-electron chi connectivity index (χ2n) is 5.20. The minimum atomic E-state index is -0.473. The van der Waals surface area contributed by atoms with E-state index in [1.165, 1.54) is 11.7 Å². The third kappa shape index (κ3) is 3.11. The van der Waals surface area contributed by atoms with Crippen LogP contribution in [0.15, 0.2) is 47.3 Å². The molecule has 1 aromatic heterocycles. The van der Waals surface area contributed by atoms with Crippen LogP contribution in [0.1, 0.15) is 15.9 Å². The summed E-state index contributed by atoms with van der Waals surface area (Å²) in [5, 5.41) is 1.04. The van der Waals surface area contributed by atoms with E-state index < -0.39 is 5.97 Å². The molecular weight excluding hydrogens is 348 g/mol. The number of benzene rings is 2. The number of aromatic nitrogens is 2. The van der Waals surface area contributed by atoms with Gasteiger partial charge in [0.15, 0.2) is 4.77 Å². The maximum atomic E-state index is 12.7. The monoisotopic (exact) mass is 360 g/mol. The van der Waals surface area contributed by atoms with Gasteiger partial charge < -0.3 is 9.72 Å². The third-order valence-corrected chi connectivity index (χ3v) is 4.19. The molecule has 0 fully saturated rings. The van der Waals surface area contributed by atoms with E-state index in [9.17, 15) is 9.59 Å². The van der Waals surface area contributed by atoms with Crippen LogP contribution < -0.4 is 5.56 Å². The summed E-state index contributed by atoms with van der Waals surface area (Å²) in [5.74, 6) is -0.473. The van der Waals surface area contributed by atoms with Gasteiger partial charge in [-0.15, -0.1) is 0 Å². The van der Waals surface area contributed by atoms with Crippen LogP contribution in [0.25, 0.3) is 10.9 Å². The molecule has 0 radical (unpaired) electrons. The zero-order chi connectivity index (χ0) is 17.3. The molecule has 0 aliphatic carbocycles. The van der Waals surface area contributed by atoms with Gasteiger partial charge in [0.1, 0.15) is 0 Å². The van der Waals surface area contributed by atoms with Gasteiger partial charge in [-0.1, -0.05) is 23.7 Å². The topological polar surface area (TPSA) is 64.1 Å². The fraction of sp³-hybridized carbons (Fsp3) is 0.118. The number of hydrogen-bond acceptors (Lipinski definition) is 4. The van der Waals surface area contributed by atoms with Crippen molar-refractivity contribution in [3.8, 4) is 0 Å². The molecule has 1 N–H and O–H groups in total. The number of methoxy groups -OCH3 is 1. The maximum Gasteiger partial charge on any atom is 0.337 e. The molecule has 3 rings (SSSR count). The second-order valence-corrected chi connectivity index (χ2v) is 6.03. The Labute approximate surface area is 147 Å². The van der Waals surface area contributed by atoms with Crippen LogP contribution in [0.5, 0.6) is 0 Å². The highest BCUT2D eigenvalue weighted by Gasteiger charge is 2.11. The van der Waals surface area contributed by atoms with Gasteiger partial charge in [0.05, 0.1) is 30.1 Å². The fourth-order valence-electron chi connectivity index (χ4n) is 2.46. The number of esters is 1. The van der Waals surface area contributed by atoms with Crippen molar-refractivity contribution in [2.45, 2.75) is 6.54 Å². The van der Waals surface area contributed by atoms with E-state index in [0.29, 0.717) is 28.0 Å². The molecular formula is C17H13ClN2O3S. The van der Waals surface area contributed by atoms with Gasteiger partial charge in [-0.25, -0.2) is 4.79 Å². The van der Waals surface area contributed by atoms with E-state index >= 15 is 0 Å². The minimum absolute atomic E-state index is 0.231. The predicted molar refractivity (Wildman–Crippen MR) is 95.3 cm³/mol. The van der Waals surface area contributed by atoms with Crippen LogP contribution in [-0.2, 0) is 11.3 Å². The molecule has 5 nitrogen and oxygen atoms in total. The Morgan fingerprint density at radius 2 is 2.08 bits per heavy atom. The number of hydrogen-bond donors (Lipinski definition) is 1. The largest absolute Gasteiger partial charge is 0.465 e. The molecule has 7 heteroatoms. The summed E-state index contributed by atoms with van der Waals surface area (Å²) < 4.78 is 6.42. The second kappa shape index (κ2) is 6.59. The Balaban J connectivity index is 2.12. The molecule has 24 heavy (non-hydrogen) atoms. The zero-order valence-corrected chi connectivity index (χ0v) is 14.3. The minimum Gasteiger partial charge on any atom is -0.465 e. The first kappa shape index (κ1) is 16.4. The Hall–Kier alpha value is -2.44. The summed E-state index contributed by atoms with van der Waals surface area (Å²) in [7, 11) is 1.30. The molecule has 0 aliphatic rings. The molecule has 0 bridgehead atoms. The lowest BCUT2D eigenvalue weighted by molar-refractivity contribution is 0.0601. The van der Waals surface area contributed by atoms with Crippen LogP contribution in [0.2, 0.25) is 5.02 Å². The maximum absolute atomic E-state index is 12.7. The van der Waals surface area contributed by atoms with Gasteiger partial charge in [-0.3, -0.25) is 9.36 Å². The number of ether oxygens (including phenoxy) is 1. The number of halogens is 1. The van der Waals surface area contributed by atoms with Crippen molar-refractivity contribution in [1.82, 2.24) is 9.55 Å². The number of nitrogens with one attached hydrogen (secondary N) is 1. The zero-order valence-electron chi connectivity index (χ0n) is 12.7. The molecule has 0 atom stereocenters. The summed E-state index contributed by atoms with van der Waals surface area (Å²) in [4.78, 5) is 27.3. The molecule has 0 saturated carbocycles. The lowest BCUT2D eigenvalue weighted by atomic mass is 10.1. The van der Waals surface area contributed by atoms with Crippen LogP contribution >= 0.6 is 23.8 Å². The Kier molecular flexibility index (Phi) is 4.51. The Bertz CT molecular complexity index is 1060. The summed E-state index contributed by atoms with van der Waals surface area (Å²) in [6.45, 7) is 0.309. The summed E-state index contributed by atoms with van der Waals surface area (Å²) in [5.41, 5.74) is 1.48. The van der Waals surface area contributed by atoms with Crippen molar-refractivity contribution >= 4 is 40.7 Å². The Morgan fingerprint density at radius 1 is 1.29 bits per heavy atom. The van der Waals surface area contributed by atoms with Gasteiger partial charge >= 0.3 is 5.97 Å². The quantitative estimate of drug-likeness (QED) is 0.573. The molecule has 0 unspecified atom stereocenters. The highest BCUT2D eigenvalue weighted by atomic mass is 35.5. The van der Waals surface area contributed by atoms with Crippen LogP contribution in [0, 0.1) is 4.77 Å². The lowest BCUT2D eigenvalue weighted by Crippen LogP contribution is -2.23. The van der Waals surface area contributed by atoms with Crippen molar-refractivity contribution in [1.29, 1.82) is 0 Å². The standard InChI is InChI=1S/C17H13ClN2O3S/c1-23-16(22)11-5-6-13-14(8-11)19-17(24)20(15(13)21)9-10-3-2-4-12(18)7-10/h2-8H,9H2,1H3,(H,19,24). The van der Waals surface area contributed by atoms with Crippen LogP contribution in [-0.4, -0.2) is 22.6 Å². The average molecular weight is 361 g/mol. The number of fused-ring (bicyclic) bond motifs is 1.